The Kier molecular flexibility index (Phi) is 5.67. The molecule has 122 valence electrons. The molecule has 0 bridgehead atoms. The number of ether oxygens (including phenoxy) is 1. The van der Waals surface area contributed by atoms with Crippen LogP contribution in [0.25, 0.3) is 0 Å². The van der Waals surface area contributed by atoms with Gasteiger partial charge in [0.25, 0.3) is 0 Å². The zero-order valence-electron chi connectivity index (χ0n) is 14.2. The van der Waals surface area contributed by atoms with Crippen molar-refractivity contribution in [2.24, 2.45) is 11.3 Å². The molecule has 1 N–H and O–H groups in total. The molecule has 1 aliphatic heterocycles. The van der Waals surface area contributed by atoms with Crippen molar-refractivity contribution in [2.75, 3.05) is 26.7 Å². The fraction of sp³-hybridized carbons (Fsp3) is 0.941. The smallest absolute Gasteiger partial charge is 0.222 e. The average molecular weight is 296 g/mol. The van der Waals surface area contributed by atoms with Gasteiger partial charge in [-0.15, -0.1) is 0 Å². The first kappa shape index (κ1) is 16.8. The molecule has 0 aromatic rings. The van der Waals surface area contributed by atoms with E-state index < -0.39 is 0 Å². The summed E-state index contributed by atoms with van der Waals surface area (Å²) in [4.78, 5) is 14.4. The molecule has 1 saturated carbocycles. The summed E-state index contributed by atoms with van der Waals surface area (Å²) in [6, 6.07) is 0.328. The van der Waals surface area contributed by atoms with Crippen LogP contribution in [-0.2, 0) is 9.53 Å². The first-order valence-corrected chi connectivity index (χ1v) is 8.54. The molecule has 2 atom stereocenters. The Labute approximate surface area is 129 Å². The van der Waals surface area contributed by atoms with Gasteiger partial charge in [0.1, 0.15) is 0 Å². The standard InChI is InChI=1S/C17H32N2O2/c1-5-21-15-12-14(17(15,2)3)19(4)16(20)7-6-13-8-10-18-11-9-13/h13-15,18H,5-12H2,1-4H3/t14-,15-/m1/s1. The molecular formula is C17H32N2O2. The van der Waals surface area contributed by atoms with E-state index in [0.29, 0.717) is 24.5 Å². The van der Waals surface area contributed by atoms with Gasteiger partial charge in [-0.05, 0) is 51.6 Å². The second-order valence-electron chi connectivity index (χ2n) is 7.25. The number of nitrogens with zero attached hydrogens (tertiary/aromatic N) is 1. The topological polar surface area (TPSA) is 41.6 Å². The Morgan fingerprint density at radius 3 is 2.57 bits per heavy atom. The molecule has 21 heavy (non-hydrogen) atoms. The highest BCUT2D eigenvalue weighted by Crippen LogP contribution is 2.45. The monoisotopic (exact) mass is 296 g/mol. The third kappa shape index (κ3) is 3.78. The highest BCUT2D eigenvalue weighted by atomic mass is 16.5. The number of rotatable bonds is 6. The van der Waals surface area contributed by atoms with E-state index in [1.54, 1.807) is 0 Å². The summed E-state index contributed by atoms with van der Waals surface area (Å²) in [5.74, 6) is 1.04. The van der Waals surface area contributed by atoms with Gasteiger partial charge in [-0.3, -0.25) is 4.79 Å². The van der Waals surface area contributed by atoms with Crippen molar-refractivity contribution in [1.29, 1.82) is 0 Å². The number of piperidine rings is 1. The summed E-state index contributed by atoms with van der Waals surface area (Å²) < 4.78 is 5.76. The molecule has 4 nitrogen and oxygen atoms in total. The van der Waals surface area contributed by atoms with Gasteiger partial charge < -0.3 is 15.0 Å². The first-order valence-electron chi connectivity index (χ1n) is 8.54. The average Bonchev–Trinajstić information content (AvgIpc) is 2.49. The lowest BCUT2D eigenvalue weighted by molar-refractivity contribution is -0.163. The quantitative estimate of drug-likeness (QED) is 0.818. The predicted octanol–water partition coefficient (Wildman–Crippen LogP) is 2.43. The first-order chi connectivity index (χ1) is 9.96. The summed E-state index contributed by atoms with van der Waals surface area (Å²) in [6.45, 7) is 9.46. The minimum Gasteiger partial charge on any atom is -0.378 e. The van der Waals surface area contributed by atoms with Gasteiger partial charge in [0.05, 0.1) is 6.10 Å². The second-order valence-corrected chi connectivity index (χ2v) is 7.25. The third-order valence-electron chi connectivity index (χ3n) is 5.58. The van der Waals surface area contributed by atoms with Crippen molar-refractivity contribution < 1.29 is 9.53 Å². The van der Waals surface area contributed by atoms with Crippen molar-refractivity contribution in [1.82, 2.24) is 10.2 Å². The Bertz CT molecular complexity index is 351. The highest BCUT2D eigenvalue weighted by molar-refractivity contribution is 5.76. The molecule has 0 unspecified atom stereocenters. The van der Waals surface area contributed by atoms with Crippen molar-refractivity contribution in [3.05, 3.63) is 0 Å². The molecule has 1 amide bonds. The van der Waals surface area contributed by atoms with E-state index in [0.717, 1.165) is 38.5 Å². The van der Waals surface area contributed by atoms with Crippen LogP contribution in [0.15, 0.2) is 0 Å². The number of carbonyl (C=O) groups is 1. The number of carbonyl (C=O) groups excluding carboxylic acids is 1. The Hall–Kier alpha value is -0.610. The van der Waals surface area contributed by atoms with E-state index >= 15 is 0 Å². The molecule has 2 fully saturated rings. The normalized spacial score (nSPS) is 29.0. The maximum absolute atomic E-state index is 12.4. The van der Waals surface area contributed by atoms with Gasteiger partial charge >= 0.3 is 0 Å². The predicted molar refractivity (Wildman–Crippen MR) is 85.2 cm³/mol. The van der Waals surface area contributed by atoms with Crippen molar-refractivity contribution in [2.45, 2.75) is 65.0 Å². The molecule has 2 aliphatic rings. The number of nitrogens with one attached hydrogen (secondary N) is 1. The van der Waals surface area contributed by atoms with Crippen LogP contribution in [0.1, 0.15) is 52.9 Å². The Morgan fingerprint density at radius 2 is 2.00 bits per heavy atom. The van der Waals surface area contributed by atoms with Crippen LogP contribution in [0.5, 0.6) is 0 Å². The maximum Gasteiger partial charge on any atom is 0.222 e. The lowest BCUT2D eigenvalue weighted by Gasteiger charge is -2.54. The minimum absolute atomic E-state index is 0.0786. The molecule has 4 heteroatoms. The van der Waals surface area contributed by atoms with E-state index in [2.05, 4.69) is 19.2 Å². The van der Waals surface area contributed by atoms with E-state index in [1.165, 1.54) is 12.8 Å². The molecule has 1 heterocycles. The Morgan fingerprint density at radius 1 is 1.33 bits per heavy atom. The number of hydrogen-bond donors (Lipinski definition) is 1. The van der Waals surface area contributed by atoms with Gasteiger partial charge in [-0.2, -0.15) is 0 Å². The maximum atomic E-state index is 12.4. The fourth-order valence-electron chi connectivity index (χ4n) is 3.85. The zero-order chi connectivity index (χ0) is 15.5. The van der Waals surface area contributed by atoms with Gasteiger partial charge in [-0.1, -0.05) is 13.8 Å². The zero-order valence-corrected chi connectivity index (χ0v) is 14.2. The number of hydrogen-bond acceptors (Lipinski definition) is 3. The minimum atomic E-state index is 0.0786. The largest absolute Gasteiger partial charge is 0.378 e. The lowest BCUT2D eigenvalue weighted by Crippen LogP contribution is -2.62. The molecule has 0 aromatic carbocycles. The summed E-state index contributed by atoms with van der Waals surface area (Å²) in [5.41, 5.74) is 0.0786. The van der Waals surface area contributed by atoms with E-state index in [9.17, 15) is 4.79 Å². The van der Waals surface area contributed by atoms with Gasteiger partial charge in [-0.25, -0.2) is 0 Å². The summed E-state index contributed by atoms with van der Waals surface area (Å²) in [7, 11) is 1.97. The molecule has 0 spiro atoms. The van der Waals surface area contributed by atoms with Crippen molar-refractivity contribution >= 4 is 5.91 Å². The third-order valence-corrected chi connectivity index (χ3v) is 5.58. The van der Waals surface area contributed by atoms with E-state index in [4.69, 9.17) is 4.74 Å². The van der Waals surface area contributed by atoms with E-state index in [1.807, 2.05) is 18.9 Å². The number of amides is 1. The summed E-state index contributed by atoms with van der Waals surface area (Å²) >= 11 is 0. The molecular weight excluding hydrogens is 264 g/mol. The molecule has 0 radical (unpaired) electrons. The van der Waals surface area contributed by atoms with E-state index in [-0.39, 0.29) is 5.41 Å². The van der Waals surface area contributed by atoms with Crippen LogP contribution >= 0.6 is 0 Å². The van der Waals surface area contributed by atoms with Crippen molar-refractivity contribution in [3.8, 4) is 0 Å². The molecule has 1 aliphatic carbocycles. The van der Waals surface area contributed by atoms with Crippen LogP contribution in [0.2, 0.25) is 0 Å². The lowest BCUT2D eigenvalue weighted by atomic mass is 9.63. The van der Waals surface area contributed by atoms with Crippen LogP contribution in [-0.4, -0.2) is 49.7 Å². The SMILES string of the molecule is CCO[C@@H]1C[C@@H](N(C)C(=O)CCC2CCNCC2)C1(C)C. The van der Waals surface area contributed by atoms with Crippen LogP contribution < -0.4 is 5.32 Å². The van der Waals surface area contributed by atoms with Crippen LogP contribution in [0.4, 0.5) is 0 Å². The van der Waals surface area contributed by atoms with Gasteiger partial charge in [0, 0.05) is 31.5 Å². The van der Waals surface area contributed by atoms with Gasteiger partial charge in [0.15, 0.2) is 0 Å². The van der Waals surface area contributed by atoms with Gasteiger partial charge in [0.2, 0.25) is 5.91 Å². The molecule has 1 saturated heterocycles. The summed E-state index contributed by atoms with van der Waals surface area (Å²) in [5, 5.41) is 3.38. The molecule has 2 rings (SSSR count). The summed E-state index contributed by atoms with van der Waals surface area (Å²) in [6.07, 6.45) is 5.47. The molecule has 0 aromatic heterocycles. The van der Waals surface area contributed by atoms with Crippen molar-refractivity contribution in [3.63, 3.8) is 0 Å². The fourth-order valence-corrected chi connectivity index (χ4v) is 3.85. The highest BCUT2D eigenvalue weighted by Gasteiger charge is 2.51. The van der Waals surface area contributed by atoms with Crippen LogP contribution in [0, 0.1) is 11.3 Å². The van der Waals surface area contributed by atoms with Crippen LogP contribution in [0.3, 0.4) is 0 Å². The second kappa shape index (κ2) is 7.10. The Balaban J connectivity index is 1.77.